The van der Waals surface area contributed by atoms with Gasteiger partial charge in [0.25, 0.3) is 0 Å². The lowest BCUT2D eigenvalue weighted by Crippen LogP contribution is -2.40. The Morgan fingerprint density at radius 3 is 2.18 bits per heavy atom. The van der Waals surface area contributed by atoms with E-state index in [-0.39, 0.29) is 29.8 Å². The van der Waals surface area contributed by atoms with Crippen molar-refractivity contribution in [2.24, 2.45) is 0 Å². The van der Waals surface area contributed by atoms with Crippen LogP contribution in [-0.4, -0.2) is 56.2 Å². The van der Waals surface area contributed by atoms with Gasteiger partial charge in [-0.25, -0.2) is 8.42 Å². The number of benzene rings is 1. The van der Waals surface area contributed by atoms with Crippen LogP contribution >= 0.6 is 12.4 Å². The summed E-state index contributed by atoms with van der Waals surface area (Å²) in [5.74, 6) is -1.39. The molecule has 1 rings (SSSR count). The van der Waals surface area contributed by atoms with E-state index >= 15 is 0 Å². The van der Waals surface area contributed by atoms with Crippen molar-refractivity contribution in [1.82, 2.24) is 4.90 Å². The molecule has 1 aromatic carbocycles. The topological polar surface area (TPSA) is 104 Å². The first-order valence-electron chi connectivity index (χ1n) is 6.14. The van der Waals surface area contributed by atoms with Crippen LogP contribution in [0.3, 0.4) is 0 Å². The average molecular weight is 351 g/mol. The van der Waals surface area contributed by atoms with Gasteiger partial charge < -0.3 is 10.4 Å². The van der Waals surface area contributed by atoms with Crippen LogP contribution in [0.25, 0.3) is 0 Å². The van der Waals surface area contributed by atoms with E-state index in [2.05, 4.69) is 5.32 Å². The molecule has 0 aliphatic heterocycles. The first-order chi connectivity index (χ1) is 9.61. The SMILES string of the molecule is CC(C(=O)O)N(C)CC(=O)Nc1ccc(S(C)(=O)=O)cc1.Cl. The largest absolute Gasteiger partial charge is 0.480 e. The molecule has 1 atom stereocenters. The minimum Gasteiger partial charge on any atom is -0.480 e. The number of nitrogens with one attached hydrogen (secondary N) is 1. The predicted octanol–water partition coefficient (Wildman–Crippen LogP) is 0.855. The fourth-order valence-corrected chi connectivity index (χ4v) is 2.17. The lowest BCUT2D eigenvalue weighted by molar-refractivity contribution is -0.142. The van der Waals surface area contributed by atoms with E-state index in [1.54, 1.807) is 0 Å². The van der Waals surface area contributed by atoms with E-state index in [0.717, 1.165) is 6.26 Å². The van der Waals surface area contributed by atoms with E-state index in [1.807, 2.05) is 0 Å². The second-order valence-corrected chi connectivity index (χ2v) is 6.79. The molecule has 0 bridgehead atoms. The maximum atomic E-state index is 11.8. The van der Waals surface area contributed by atoms with E-state index in [4.69, 9.17) is 5.11 Å². The van der Waals surface area contributed by atoms with Crippen molar-refractivity contribution >= 4 is 39.8 Å². The molecular weight excluding hydrogens is 332 g/mol. The molecule has 0 fully saturated rings. The molecule has 0 radical (unpaired) electrons. The van der Waals surface area contributed by atoms with Crippen LogP contribution in [0, 0.1) is 0 Å². The number of carboxylic acid groups (broad SMARTS) is 1. The Labute approximate surface area is 135 Å². The number of hydrogen-bond donors (Lipinski definition) is 2. The van der Waals surface area contributed by atoms with Gasteiger partial charge in [-0.1, -0.05) is 0 Å². The minimum absolute atomic E-state index is 0. The summed E-state index contributed by atoms with van der Waals surface area (Å²) in [6, 6.07) is 4.98. The fraction of sp³-hybridized carbons (Fsp3) is 0.385. The van der Waals surface area contributed by atoms with Crippen molar-refractivity contribution < 1.29 is 23.1 Å². The van der Waals surface area contributed by atoms with Gasteiger partial charge in [-0.05, 0) is 38.2 Å². The van der Waals surface area contributed by atoms with Crippen molar-refractivity contribution in [1.29, 1.82) is 0 Å². The Morgan fingerprint density at radius 1 is 1.27 bits per heavy atom. The zero-order chi connectivity index (χ0) is 16.2. The van der Waals surface area contributed by atoms with E-state index in [9.17, 15) is 18.0 Å². The second-order valence-electron chi connectivity index (χ2n) is 4.77. The fourth-order valence-electron chi connectivity index (χ4n) is 1.54. The summed E-state index contributed by atoms with van der Waals surface area (Å²) in [6.45, 7) is 1.40. The van der Waals surface area contributed by atoms with Gasteiger partial charge in [0, 0.05) is 11.9 Å². The Hall–Kier alpha value is -1.64. The number of nitrogens with zero attached hydrogens (tertiary/aromatic N) is 1. The number of likely N-dealkylation sites (N-methyl/N-ethyl adjacent to an activating group) is 1. The van der Waals surface area contributed by atoms with E-state index in [1.165, 1.54) is 43.1 Å². The number of carbonyl (C=O) groups is 2. The van der Waals surface area contributed by atoms with E-state index in [0.29, 0.717) is 5.69 Å². The smallest absolute Gasteiger partial charge is 0.320 e. The first-order valence-corrected chi connectivity index (χ1v) is 8.03. The third-order valence-corrected chi connectivity index (χ3v) is 4.11. The maximum absolute atomic E-state index is 11.8. The molecule has 124 valence electrons. The number of carbonyl (C=O) groups excluding carboxylic acids is 1. The molecule has 1 aromatic rings. The molecular formula is C13H19ClN2O5S. The summed E-state index contributed by atoms with van der Waals surface area (Å²) >= 11 is 0. The summed E-state index contributed by atoms with van der Waals surface area (Å²) < 4.78 is 22.6. The van der Waals surface area contributed by atoms with Crippen LogP contribution in [0.2, 0.25) is 0 Å². The van der Waals surface area contributed by atoms with E-state index < -0.39 is 21.8 Å². The summed E-state index contributed by atoms with van der Waals surface area (Å²) in [6.07, 6.45) is 1.10. The highest BCUT2D eigenvalue weighted by Gasteiger charge is 2.19. The average Bonchev–Trinajstić information content (AvgIpc) is 2.36. The highest BCUT2D eigenvalue weighted by Crippen LogP contribution is 2.13. The van der Waals surface area contributed by atoms with Gasteiger partial charge in [-0.2, -0.15) is 0 Å². The molecule has 7 nitrogen and oxygen atoms in total. The molecule has 2 N–H and O–H groups in total. The van der Waals surface area contributed by atoms with Crippen molar-refractivity contribution in [3.63, 3.8) is 0 Å². The van der Waals surface area contributed by atoms with Crippen LogP contribution in [0.5, 0.6) is 0 Å². The summed E-state index contributed by atoms with van der Waals surface area (Å²) in [4.78, 5) is 24.1. The highest BCUT2D eigenvalue weighted by molar-refractivity contribution is 7.90. The number of hydrogen-bond acceptors (Lipinski definition) is 5. The second kappa shape index (κ2) is 8.11. The van der Waals surface area contributed by atoms with Crippen molar-refractivity contribution in [3.8, 4) is 0 Å². The lowest BCUT2D eigenvalue weighted by atomic mass is 10.3. The van der Waals surface area contributed by atoms with Crippen molar-refractivity contribution in [3.05, 3.63) is 24.3 Å². The molecule has 0 heterocycles. The van der Waals surface area contributed by atoms with Gasteiger partial charge in [0.15, 0.2) is 9.84 Å². The third-order valence-electron chi connectivity index (χ3n) is 2.98. The molecule has 0 saturated carbocycles. The zero-order valence-corrected chi connectivity index (χ0v) is 14.1. The van der Waals surface area contributed by atoms with Crippen LogP contribution in [-0.2, 0) is 19.4 Å². The number of anilines is 1. The quantitative estimate of drug-likeness (QED) is 0.788. The van der Waals surface area contributed by atoms with Crippen LogP contribution in [0.15, 0.2) is 29.2 Å². The number of sulfone groups is 1. The molecule has 1 unspecified atom stereocenters. The molecule has 0 aromatic heterocycles. The standard InChI is InChI=1S/C13H18N2O5S.ClH/c1-9(13(17)18)15(2)8-12(16)14-10-4-6-11(7-5-10)21(3,19)20;/h4-7,9H,8H2,1-3H3,(H,14,16)(H,17,18);1H. The Morgan fingerprint density at radius 2 is 1.77 bits per heavy atom. The van der Waals surface area contributed by atoms with Gasteiger partial charge in [-0.3, -0.25) is 14.5 Å². The Bertz CT molecular complexity index is 630. The number of carboxylic acids is 1. The molecule has 22 heavy (non-hydrogen) atoms. The predicted molar refractivity (Wildman–Crippen MR) is 85.2 cm³/mol. The van der Waals surface area contributed by atoms with Gasteiger partial charge in [0.05, 0.1) is 11.4 Å². The molecule has 9 heteroatoms. The molecule has 0 spiro atoms. The van der Waals surface area contributed by atoms with Crippen LogP contribution in [0.1, 0.15) is 6.92 Å². The maximum Gasteiger partial charge on any atom is 0.320 e. The molecule has 0 aliphatic carbocycles. The van der Waals surface area contributed by atoms with Gasteiger partial charge in [0.1, 0.15) is 6.04 Å². The number of halogens is 1. The number of amides is 1. The summed E-state index contributed by atoms with van der Waals surface area (Å²) in [7, 11) is -1.74. The third kappa shape index (κ3) is 6.00. The Kier molecular flexibility index (Phi) is 7.51. The number of aliphatic carboxylic acids is 1. The van der Waals surface area contributed by atoms with Gasteiger partial charge in [-0.15, -0.1) is 12.4 Å². The first kappa shape index (κ1) is 20.4. The lowest BCUT2D eigenvalue weighted by Gasteiger charge is -2.20. The molecule has 0 aliphatic rings. The summed E-state index contributed by atoms with van der Waals surface area (Å²) in [5, 5.41) is 11.4. The van der Waals surface area contributed by atoms with Gasteiger partial charge >= 0.3 is 5.97 Å². The summed E-state index contributed by atoms with van der Waals surface area (Å²) in [5.41, 5.74) is 0.448. The highest BCUT2D eigenvalue weighted by atomic mass is 35.5. The normalized spacial score (nSPS) is 12.4. The van der Waals surface area contributed by atoms with Gasteiger partial charge in [0.2, 0.25) is 5.91 Å². The minimum atomic E-state index is -3.27. The van der Waals surface area contributed by atoms with Crippen LogP contribution < -0.4 is 5.32 Å². The van der Waals surface area contributed by atoms with Crippen LogP contribution in [0.4, 0.5) is 5.69 Å². The molecule has 0 saturated heterocycles. The zero-order valence-electron chi connectivity index (χ0n) is 12.4. The Balaban J connectivity index is 0.00000441. The number of rotatable bonds is 6. The van der Waals surface area contributed by atoms with Crippen molar-refractivity contribution in [2.45, 2.75) is 17.9 Å². The van der Waals surface area contributed by atoms with Crippen molar-refractivity contribution in [2.75, 3.05) is 25.2 Å². The molecule has 1 amide bonds. The monoisotopic (exact) mass is 350 g/mol.